The van der Waals surface area contributed by atoms with Crippen LogP contribution in [0.1, 0.15) is 43.4 Å². The predicted molar refractivity (Wildman–Crippen MR) is 80.8 cm³/mol. The average Bonchev–Trinajstić information content (AvgIpc) is 2.91. The molecular formula is C16H24ClNO. The molecule has 3 heteroatoms. The molecule has 2 nitrogen and oxygen atoms in total. The minimum absolute atomic E-state index is 0.393. The zero-order valence-corrected chi connectivity index (χ0v) is 12.7. The van der Waals surface area contributed by atoms with E-state index in [9.17, 15) is 0 Å². The number of hydrogen-bond acceptors (Lipinski definition) is 2. The Balaban J connectivity index is 2.08. The molecule has 0 amide bonds. The normalized spacial score (nSPS) is 20.7. The van der Waals surface area contributed by atoms with Crippen LogP contribution in [0.5, 0.6) is 0 Å². The van der Waals surface area contributed by atoms with E-state index in [1.54, 1.807) is 0 Å². The summed E-state index contributed by atoms with van der Waals surface area (Å²) >= 11 is 6.26. The van der Waals surface area contributed by atoms with Crippen molar-refractivity contribution in [3.05, 3.63) is 34.3 Å². The molecule has 0 aliphatic carbocycles. The first-order chi connectivity index (χ1) is 9.20. The molecule has 19 heavy (non-hydrogen) atoms. The van der Waals surface area contributed by atoms with Gasteiger partial charge in [0, 0.05) is 24.3 Å². The third kappa shape index (κ3) is 4.20. The molecule has 1 aromatic rings. The molecule has 2 atom stereocenters. The fraction of sp³-hybridized carbons (Fsp3) is 0.625. The molecule has 1 saturated heterocycles. The van der Waals surface area contributed by atoms with E-state index in [0.29, 0.717) is 12.0 Å². The number of halogens is 1. The fourth-order valence-electron chi connectivity index (χ4n) is 2.58. The Morgan fingerprint density at radius 3 is 2.95 bits per heavy atom. The quantitative estimate of drug-likeness (QED) is 0.847. The summed E-state index contributed by atoms with van der Waals surface area (Å²) in [5, 5.41) is 4.51. The molecule has 1 heterocycles. The second kappa shape index (κ2) is 7.28. The zero-order valence-electron chi connectivity index (χ0n) is 11.9. The summed E-state index contributed by atoms with van der Waals surface area (Å²) in [6, 6.07) is 6.82. The van der Waals surface area contributed by atoms with Gasteiger partial charge in [0.05, 0.1) is 0 Å². The van der Waals surface area contributed by atoms with Crippen molar-refractivity contribution in [1.82, 2.24) is 5.32 Å². The van der Waals surface area contributed by atoms with Gasteiger partial charge >= 0.3 is 0 Å². The standard InChI is InChI=1S/C16H24ClNO/c1-3-7-18-16(9-13-6-8-19-11-13)14-5-4-12(2)15(17)10-14/h4-5,10,13,16,18H,3,6-9,11H2,1-2H3. The highest BCUT2D eigenvalue weighted by Gasteiger charge is 2.21. The Hall–Kier alpha value is -0.570. The summed E-state index contributed by atoms with van der Waals surface area (Å²) in [6.45, 7) is 7.11. The second-order valence-corrected chi connectivity index (χ2v) is 5.89. The molecule has 1 N–H and O–H groups in total. The number of hydrogen-bond donors (Lipinski definition) is 1. The van der Waals surface area contributed by atoms with Crippen molar-refractivity contribution in [3.63, 3.8) is 0 Å². The van der Waals surface area contributed by atoms with Crippen molar-refractivity contribution in [3.8, 4) is 0 Å². The summed E-state index contributed by atoms with van der Waals surface area (Å²) in [6.07, 6.45) is 3.47. The van der Waals surface area contributed by atoms with Crippen LogP contribution in [0.4, 0.5) is 0 Å². The number of aryl methyl sites for hydroxylation is 1. The average molecular weight is 282 g/mol. The summed E-state index contributed by atoms with van der Waals surface area (Å²) < 4.78 is 5.49. The van der Waals surface area contributed by atoms with Gasteiger partial charge < -0.3 is 10.1 Å². The maximum absolute atomic E-state index is 6.26. The number of nitrogens with one attached hydrogen (secondary N) is 1. The van der Waals surface area contributed by atoms with Crippen LogP contribution >= 0.6 is 11.6 Å². The van der Waals surface area contributed by atoms with Crippen molar-refractivity contribution >= 4 is 11.6 Å². The topological polar surface area (TPSA) is 21.3 Å². The zero-order chi connectivity index (χ0) is 13.7. The Bertz CT molecular complexity index is 402. The summed E-state index contributed by atoms with van der Waals surface area (Å²) in [4.78, 5) is 0. The van der Waals surface area contributed by atoms with Gasteiger partial charge in [0.15, 0.2) is 0 Å². The van der Waals surface area contributed by atoms with E-state index < -0.39 is 0 Å². The molecule has 0 saturated carbocycles. The van der Waals surface area contributed by atoms with Crippen LogP contribution in [0.25, 0.3) is 0 Å². The molecule has 0 radical (unpaired) electrons. The van der Waals surface area contributed by atoms with Gasteiger partial charge in [-0.05, 0) is 55.8 Å². The minimum atomic E-state index is 0.393. The van der Waals surface area contributed by atoms with E-state index in [1.807, 2.05) is 6.92 Å². The molecule has 0 spiro atoms. The van der Waals surface area contributed by atoms with Crippen molar-refractivity contribution in [2.24, 2.45) is 5.92 Å². The van der Waals surface area contributed by atoms with E-state index in [0.717, 1.165) is 43.2 Å². The first-order valence-corrected chi connectivity index (χ1v) is 7.65. The molecule has 1 aliphatic heterocycles. The van der Waals surface area contributed by atoms with Crippen LogP contribution in [-0.4, -0.2) is 19.8 Å². The van der Waals surface area contributed by atoms with Crippen LogP contribution in [0, 0.1) is 12.8 Å². The van der Waals surface area contributed by atoms with Crippen LogP contribution in [0.3, 0.4) is 0 Å². The Labute approximate surface area is 121 Å². The highest BCUT2D eigenvalue weighted by atomic mass is 35.5. The summed E-state index contributed by atoms with van der Waals surface area (Å²) in [5.41, 5.74) is 2.44. The lowest BCUT2D eigenvalue weighted by Gasteiger charge is -2.22. The molecule has 2 unspecified atom stereocenters. The predicted octanol–water partition coefficient (Wildman–Crippen LogP) is 4.12. The smallest absolute Gasteiger partial charge is 0.0495 e. The molecule has 2 rings (SSSR count). The van der Waals surface area contributed by atoms with Gasteiger partial charge in [0.2, 0.25) is 0 Å². The number of ether oxygens (including phenoxy) is 1. The third-order valence-corrected chi connectivity index (χ3v) is 4.24. The monoisotopic (exact) mass is 281 g/mol. The third-order valence-electron chi connectivity index (χ3n) is 3.83. The van der Waals surface area contributed by atoms with E-state index in [4.69, 9.17) is 16.3 Å². The molecule has 0 aromatic heterocycles. The maximum atomic E-state index is 6.26. The largest absolute Gasteiger partial charge is 0.381 e. The molecule has 1 aromatic carbocycles. The van der Waals surface area contributed by atoms with E-state index in [1.165, 1.54) is 12.0 Å². The second-order valence-electron chi connectivity index (χ2n) is 5.48. The van der Waals surface area contributed by atoms with Crippen molar-refractivity contribution in [1.29, 1.82) is 0 Å². The van der Waals surface area contributed by atoms with E-state index in [2.05, 4.69) is 30.4 Å². The molecule has 1 fully saturated rings. The molecule has 0 bridgehead atoms. The molecule has 106 valence electrons. The van der Waals surface area contributed by atoms with Gasteiger partial charge in [-0.2, -0.15) is 0 Å². The van der Waals surface area contributed by atoms with Gasteiger partial charge in [-0.1, -0.05) is 30.7 Å². The van der Waals surface area contributed by atoms with Gasteiger partial charge in [-0.15, -0.1) is 0 Å². The van der Waals surface area contributed by atoms with Crippen LogP contribution in [0.2, 0.25) is 5.02 Å². The van der Waals surface area contributed by atoms with E-state index in [-0.39, 0.29) is 0 Å². The SMILES string of the molecule is CCCNC(CC1CCOC1)c1ccc(C)c(Cl)c1. The van der Waals surface area contributed by atoms with Gasteiger partial charge in [0.1, 0.15) is 0 Å². The first-order valence-electron chi connectivity index (χ1n) is 7.28. The number of benzene rings is 1. The highest BCUT2D eigenvalue weighted by molar-refractivity contribution is 6.31. The van der Waals surface area contributed by atoms with Crippen molar-refractivity contribution < 1.29 is 4.74 Å². The number of rotatable bonds is 6. The van der Waals surface area contributed by atoms with Crippen LogP contribution < -0.4 is 5.32 Å². The maximum Gasteiger partial charge on any atom is 0.0495 e. The van der Waals surface area contributed by atoms with E-state index >= 15 is 0 Å². The molecular weight excluding hydrogens is 258 g/mol. The summed E-state index contributed by atoms with van der Waals surface area (Å²) in [5.74, 6) is 0.675. The summed E-state index contributed by atoms with van der Waals surface area (Å²) in [7, 11) is 0. The highest BCUT2D eigenvalue weighted by Crippen LogP contribution is 2.29. The first kappa shape index (κ1) is 14.8. The van der Waals surface area contributed by atoms with Crippen LogP contribution in [-0.2, 0) is 4.74 Å². The molecule has 1 aliphatic rings. The lowest BCUT2D eigenvalue weighted by molar-refractivity contribution is 0.181. The van der Waals surface area contributed by atoms with Gasteiger partial charge in [-0.25, -0.2) is 0 Å². The van der Waals surface area contributed by atoms with Gasteiger partial charge in [-0.3, -0.25) is 0 Å². The Kier molecular flexibility index (Phi) is 5.68. The Morgan fingerprint density at radius 2 is 2.32 bits per heavy atom. The van der Waals surface area contributed by atoms with Crippen molar-refractivity contribution in [2.45, 2.75) is 39.2 Å². The van der Waals surface area contributed by atoms with Crippen molar-refractivity contribution in [2.75, 3.05) is 19.8 Å². The van der Waals surface area contributed by atoms with Gasteiger partial charge in [0.25, 0.3) is 0 Å². The lowest BCUT2D eigenvalue weighted by Crippen LogP contribution is -2.24. The minimum Gasteiger partial charge on any atom is -0.381 e. The Morgan fingerprint density at radius 1 is 1.47 bits per heavy atom. The fourth-order valence-corrected chi connectivity index (χ4v) is 2.77. The van der Waals surface area contributed by atoms with Crippen LogP contribution in [0.15, 0.2) is 18.2 Å². The lowest BCUT2D eigenvalue weighted by atomic mass is 9.93.